The first kappa shape index (κ1) is 21.6. The highest BCUT2D eigenvalue weighted by atomic mass is 16.2. The van der Waals surface area contributed by atoms with Crippen molar-refractivity contribution in [1.29, 1.82) is 0 Å². The number of benzene rings is 4. The Kier molecular flexibility index (Phi) is 5.58. The monoisotopic (exact) mass is 464 g/mol. The Morgan fingerprint density at radius 1 is 0.886 bits per heavy atom. The number of para-hydroxylation sites is 2. The van der Waals surface area contributed by atoms with E-state index in [-0.39, 0.29) is 17.6 Å². The average Bonchev–Trinajstić information content (AvgIpc) is 3.24. The molecule has 0 unspecified atom stereocenters. The maximum absolute atomic E-state index is 13.1. The van der Waals surface area contributed by atoms with Crippen LogP contribution in [-0.2, 0) is 0 Å². The summed E-state index contributed by atoms with van der Waals surface area (Å²) < 4.78 is 1.92. The zero-order valence-corrected chi connectivity index (χ0v) is 19.5. The molecule has 1 saturated heterocycles. The van der Waals surface area contributed by atoms with Crippen molar-refractivity contribution in [2.45, 2.75) is 18.9 Å². The van der Waals surface area contributed by atoms with Crippen molar-refractivity contribution >= 4 is 38.5 Å². The molecular weight excluding hydrogens is 436 g/mol. The Morgan fingerprint density at radius 2 is 1.63 bits per heavy atom. The number of carbonyl (C=O) groups is 1. The van der Waals surface area contributed by atoms with Crippen LogP contribution >= 0.6 is 0 Å². The van der Waals surface area contributed by atoms with Gasteiger partial charge in [-0.1, -0.05) is 60.7 Å². The number of imidazole rings is 1. The molecule has 0 atom stereocenters. The molecule has 1 fully saturated rings. The number of likely N-dealkylation sites (tertiary alicyclic amines) is 1. The highest BCUT2D eigenvalue weighted by Crippen LogP contribution is 2.28. The molecule has 4 aromatic carbocycles. The Labute approximate surface area is 203 Å². The van der Waals surface area contributed by atoms with E-state index in [1.807, 2.05) is 53.1 Å². The maximum Gasteiger partial charge on any atom is 0.326 e. The van der Waals surface area contributed by atoms with Crippen LogP contribution in [0.5, 0.6) is 0 Å². The second kappa shape index (κ2) is 9.04. The standard InChI is InChI=1S/C29H28N4O2/c34-28(24-9-5-7-21-13-12-20-6-1-2-8-23(20)27(21)24)30-16-19-32-17-14-22(15-18-32)33-26-11-4-3-10-25(26)31-29(33)35/h1-13,22H,14-19H2,(H,30,34)(H,31,35). The second-order valence-electron chi connectivity index (χ2n) is 9.34. The van der Waals surface area contributed by atoms with Gasteiger partial charge >= 0.3 is 5.69 Å². The van der Waals surface area contributed by atoms with Gasteiger partial charge in [-0.05, 0) is 47.2 Å². The third-order valence-corrected chi connectivity index (χ3v) is 7.27. The van der Waals surface area contributed by atoms with Crippen LogP contribution in [0.1, 0.15) is 29.2 Å². The molecule has 6 nitrogen and oxygen atoms in total. The van der Waals surface area contributed by atoms with E-state index in [4.69, 9.17) is 0 Å². The molecule has 0 bridgehead atoms. The van der Waals surface area contributed by atoms with Crippen LogP contribution in [0.4, 0.5) is 0 Å². The molecule has 5 aromatic rings. The molecule has 1 aliphatic heterocycles. The van der Waals surface area contributed by atoms with Crippen LogP contribution in [0, 0.1) is 0 Å². The lowest BCUT2D eigenvalue weighted by Crippen LogP contribution is -2.41. The highest BCUT2D eigenvalue weighted by molar-refractivity contribution is 6.17. The molecule has 0 spiro atoms. The molecule has 0 saturated carbocycles. The molecule has 2 heterocycles. The second-order valence-corrected chi connectivity index (χ2v) is 9.34. The third-order valence-electron chi connectivity index (χ3n) is 7.27. The first-order valence-electron chi connectivity index (χ1n) is 12.3. The number of piperidine rings is 1. The SMILES string of the molecule is O=C(NCCN1CCC(n2c(=O)[nH]c3ccccc32)CC1)c1cccc2ccc3ccccc3c12. The molecule has 1 aromatic heterocycles. The zero-order chi connectivity index (χ0) is 23.8. The summed E-state index contributed by atoms with van der Waals surface area (Å²) in [6.45, 7) is 3.21. The minimum atomic E-state index is -0.0350. The first-order valence-corrected chi connectivity index (χ1v) is 12.3. The van der Waals surface area contributed by atoms with Gasteiger partial charge in [0, 0.05) is 43.2 Å². The number of hydrogen-bond acceptors (Lipinski definition) is 3. The van der Waals surface area contributed by atoms with Gasteiger partial charge in [0.1, 0.15) is 0 Å². The molecule has 2 N–H and O–H groups in total. The van der Waals surface area contributed by atoms with Crippen LogP contribution in [-0.4, -0.2) is 46.5 Å². The van der Waals surface area contributed by atoms with Gasteiger partial charge in [0.2, 0.25) is 0 Å². The number of fused-ring (bicyclic) bond motifs is 4. The quantitative estimate of drug-likeness (QED) is 0.370. The fourth-order valence-electron chi connectivity index (χ4n) is 5.51. The van der Waals surface area contributed by atoms with Crippen molar-refractivity contribution < 1.29 is 4.79 Å². The molecule has 35 heavy (non-hydrogen) atoms. The molecule has 176 valence electrons. The van der Waals surface area contributed by atoms with Gasteiger partial charge in [-0.25, -0.2) is 4.79 Å². The number of hydrogen-bond donors (Lipinski definition) is 2. The Morgan fingerprint density at radius 3 is 2.51 bits per heavy atom. The molecule has 1 aliphatic rings. The van der Waals surface area contributed by atoms with E-state index in [0.29, 0.717) is 6.54 Å². The molecule has 0 aliphatic carbocycles. The number of amides is 1. The number of rotatable bonds is 5. The lowest BCUT2D eigenvalue weighted by molar-refractivity contribution is 0.0946. The van der Waals surface area contributed by atoms with E-state index in [2.05, 4.69) is 45.5 Å². The number of nitrogens with zero attached hydrogens (tertiary/aromatic N) is 2. The molecule has 1 amide bonds. The van der Waals surface area contributed by atoms with Gasteiger partial charge in [0.15, 0.2) is 0 Å². The summed E-state index contributed by atoms with van der Waals surface area (Å²) >= 11 is 0. The lowest BCUT2D eigenvalue weighted by atomic mass is 9.97. The predicted molar refractivity (Wildman–Crippen MR) is 141 cm³/mol. The fraction of sp³-hybridized carbons (Fsp3) is 0.241. The van der Waals surface area contributed by atoms with E-state index in [0.717, 1.165) is 70.6 Å². The summed E-state index contributed by atoms with van der Waals surface area (Å²) in [6.07, 6.45) is 1.84. The summed E-state index contributed by atoms with van der Waals surface area (Å²) in [4.78, 5) is 31.0. The molecule has 6 rings (SSSR count). The number of aromatic nitrogens is 2. The molecular formula is C29H28N4O2. The summed E-state index contributed by atoms with van der Waals surface area (Å²) in [5.74, 6) is -0.0350. The van der Waals surface area contributed by atoms with Crippen LogP contribution < -0.4 is 11.0 Å². The van der Waals surface area contributed by atoms with E-state index in [1.54, 1.807) is 0 Å². The van der Waals surface area contributed by atoms with Crippen molar-refractivity contribution in [3.05, 3.63) is 94.9 Å². The Balaban J connectivity index is 1.10. The number of H-pyrrole nitrogens is 1. The van der Waals surface area contributed by atoms with Crippen LogP contribution in [0.3, 0.4) is 0 Å². The topological polar surface area (TPSA) is 70.1 Å². The normalized spacial score (nSPS) is 15.2. The largest absolute Gasteiger partial charge is 0.351 e. The van der Waals surface area contributed by atoms with E-state index < -0.39 is 0 Å². The van der Waals surface area contributed by atoms with Crippen molar-refractivity contribution in [1.82, 2.24) is 19.8 Å². The van der Waals surface area contributed by atoms with Gasteiger partial charge in [-0.2, -0.15) is 0 Å². The minimum Gasteiger partial charge on any atom is -0.351 e. The van der Waals surface area contributed by atoms with Crippen molar-refractivity contribution in [2.75, 3.05) is 26.2 Å². The van der Waals surface area contributed by atoms with Gasteiger partial charge in [0.25, 0.3) is 5.91 Å². The lowest BCUT2D eigenvalue weighted by Gasteiger charge is -2.32. The third kappa shape index (κ3) is 4.00. The van der Waals surface area contributed by atoms with Gasteiger partial charge in [-0.15, -0.1) is 0 Å². The van der Waals surface area contributed by atoms with Gasteiger partial charge in [-0.3, -0.25) is 9.36 Å². The fourth-order valence-corrected chi connectivity index (χ4v) is 5.51. The Hall–Kier alpha value is -3.90. The first-order chi connectivity index (χ1) is 17.2. The minimum absolute atomic E-state index is 0.0282. The maximum atomic E-state index is 13.1. The van der Waals surface area contributed by atoms with Crippen molar-refractivity contribution in [3.8, 4) is 0 Å². The van der Waals surface area contributed by atoms with Crippen LogP contribution in [0.2, 0.25) is 0 Å². The Bertz CT molecular complexity index is 1590. The molecule has 0 radical (unpaired) electrons. The van der Waals surface area contributed by atoms with Crippen molar-refractivity contribution in [3.63, 3.8) is 0 Å². The van der Waals surface area contributed by atoms with Gasteiger partial charge in [0.05, 0.1) is 11.0 Å². The van der Waals surface area contributed by atoms with Gasteiger partial charge < -0.3 is 15.2 Å². The van der Waals surface area contributed by atoms with E-state index >= 15 is 0 Å². The summed E-state index contributed by atoms with van der Waals surface area (Å²) in [5.41, 5.74) is 2.56. The number of carbonyl (C=O) groups excluding carboxylic acids is 1. The smallest absolute Gasteiger partial charge is 0.326 e. The van der Waals surface area contributed by atoms with Crippen molar-refractivity contribution in [2.24, 2.45) is 0 Å². The summed E-state index contributed by atoms with van der Waals surface area (Å²) in [6, 6.07) is 26.4. The molecule has 6 heteroatoms. The average molecular weight is 465 g/mol. The highest BCUT2D eigenvalue weighted by Gasteiger charge is 2.23. The summed E-state index contributed by atoms with van der Waals surface area (Å²) in [5, 5.41) is 7.46. The van der Waals surface area contributed by atoms with E-state index in [1.165, 1.54) is 0 Å². The number of nitrogens with one attached hydrogen (secondary N) is 2. The summed E-state index contributed by atoms with van der Waals surface area (Å²) in [7, 11) is 0. The van der Waals surface area contributed by atoms with E-state index in [9.17, 15) is 9.59 Å². The number of aromatic amines is 1. The van der Waals surface area contributed by atoms with Crippen LogP contribution in [0.15, 0.2) is 83.7 Å². The zero-order valence-electron chi connectivity index (χ0n) is 19.5. The van der Waals surface area contributed by atoms with Crippen LogP contribution in [0.25, 0.3) is 32.6 Å². The predicted octanol–water partition coefficient (Wildman–Crippen LogP) is 4.70.